The lowest BCUT2D eigenvalue weighted by atomic mass is 10.1. The third-order valence-electron chi connectivity index (χ3n) is 4.79. The minimum absolute atomic E-state index is 0.388. The molecular weight excluding hydrogens is 334 g/mol. The fraction of sp³-hybridized carbons (Fsp3) is 0.389. The Labute approximate surface area is 149 Å². The lowest BCUT2D eigenvalue weighted by Crippen LogP contribution is -2.28. The summed E-state index contributed by atoms with van der Waals surface area (Å²) in [6.07, 6.45) is 2.57. The molecule has 1 aliphatic heterocycles. The van der Waals surface area contributed by atoms with Crippen LogP contribution in [0.5, 0.6) is 0 Å². The molecule has 0 spiro atoms. The van der Waals surface area contributed by atoms with E-state index in [1.54, 1.807) is 0 Å². The molecule has 0 atom stereocenters. The SMILES string of the molecule is CN1CCCN(Cc2ccc3onc(-n4ccc(=O)[nH]c4=O)c3c2)CC1. The van der Waals surface area contributed by atoms with Crippen LogP contribution in [-0.4, -0.2) is 57.7 Å². The maximum Gasteiger partial charge on any atom is 0.334 e. The van der Waals surface area contributed by atoms with Gasteiger partial charge in [0, 0.05) is 31.9 Å². The van der Waals surface area contributed by atoms with Crippen molar-refractivity contribution in [1.82, 2.24) is 24.5 Å². The van der Waals surface area contributed by atoms with Crippen LogP contribution >= 0.6 is 0 Å². The number of aromatic amines is 1. The highest BCUT2D eigenvalue weighted by Gasteiger charge is 2.15. The van der Waals surface area contributed by atoms with Crippen molar-refractivity contribution in [2.45, 2.75) is 13.0 Å². The van der Waals surface area contributed by atoms with Crippen LogP contribution in [0.15, 0.2) is 44.6 Å². The first-order chi connectivity index (χ1) is 12.6. The predicted molar refractivity (Wildman–Crippen MR) is 97.6 cm³/mol. The molecular formula is C18H21N5O3. The number of aromatic nitrogens is 3. The van der Waals surface area contributed by atoms with E-state index in [-0.39, 0.29) is 0 Å². The van der Waals surface area contributed by atoms with E-state index in [0.29, 0.717) is 11.4 Å². The molecule has 0 unspecified atom stereocenters. The van der Waals surface area contributed by atoms with Gasteiger partial charge >= 0.3 is 5.69 Å². The van der Waals surface area contributed by atoms with Crippen LogP contribution in [0.4, 0.5) is 0 Å². The van der Waals surface area contributed by atoms with E-state index in [2.05, 4.69) is 27.0 Å². The third-order valence-corrected chi connectivity index (χ3v) is 4.79. The van der Waals surface area contributed by atoms with Gasteiger partial charge in [0.1, 0.15) is 0 Å². The third kappa shape index (κ3) is 3.33. The topological polar surface area (TPSA) is 87.4 Å². The first kappa shape index (κ1) is 16.7. The van der Waals surface area contributed by atoms with Gasteiger partial charge in [0.05, 0.1) is 5.39 Å². The van der Waals surface area contributed by atoms with Gasteiger partial charge in [-0.15, -0.1) is 0 Å². The maximum absolute atomic E-state index is 12.1. The number of H-pyrrole nitrogens is 1. The summed E-state index contributed by atoms with van der Waals surface area (Å²) in [5.74, 6) is 0.388. The highest BCUT2D eigenvalue weighted by Crippen LogP contribution is 2.23. The average Bonchev–Trinajstić information content (AvgIpc) is 2.91. The van der Waals surface area contributed by atoms with Gasteiger partial charge in [-0.2, -0.15) is 0 Å². The number of nitrogens with one attached hydrogen (secondary N) is 1. The average molecular weight is 355 g/mol. The van der Waals surface area contributed by atoms with Crippen molar-refractivity contribution in [3.05, 3.63) is 56.9 Å². The molecule has 0 saturated carbocycles. The summed E-state index contributed by atoms with van der Waals surface area (Å²) in [6.45, 7) is 5.13. The molecule has 3 heterocycles. The van der Waals surface area contributed by atoms with E-state index in [9.17, 15) is 9.59 Å². The molecule has 4 rings (SSSR count). The van der Waals surface area contributed by atoms with Crippen molar-refractivity contribution in [3.8, 4) is 5.82 Å². The number of benzene rings is 1. The van der Waals surface area contributed by atoms with Gasteiger partial charge in [-0.05, 0) is 44.3 Å². The standard InChI is InChI=1S/C18H21N5O3/c1-21-6-2-7-22(10-9-21)12-13-3-4-15-14(11-13)17(20-26-15)23-8-5-16(24)19-18(23)25/h3-5,8,11H,2,6-7,9-10,12H2,1H3,(H,19,24,25). The Kier molecular flexibility index (Phi) is 4.44. The molecule has 8 heteroatoms. The van der Waals surface area contributed by atoms with Crippen LogP contribution < -0.4 is 11.2 Å². The molecule has 1 fully saturated rings. The van der Waals surface area contributed by atoms with Crippen LogP contribution in [0.1, 0.15) is 12.0 Å². The Morgan fingerprint density at radius 2 is 2.04 bits per heavy atom. The highest BCUT2D eigenvalue weighted by molar-refractivity contribution is 5.84. The largest absolute Gasteiger partial charge is 0.354 e. The summed E-state index contributed by atoms with van der Waals surface area (Å²) >= 11 is 0. The first-order valence-corrected chi connectivity index (χ1v) is 8.72. The van der Waals surface area contributed by atoms with E-state index >= 15 is 0 Å². The summed E-state index contributed by atoms with van der Waals surface area (Å²) in [5.41, 5.74) is 0.779. The van der Waals surface area contributed by atoms with Crippen LogP contribution in [0.2, 0.25) is 0 Å². The number of hydrogen-bond donors (Lipinski definition) is 1. The zero-order valence-electron chi connectivity index (χ0n) is 14.6. The Balaban J connectivity index is 1.66. The number of nitrogens with zero attached hydrogens (tertiary/aromatic N) is 4. The molecule has 0 amide bonds. The summed E-state index contributed by atoms with van der Waals surface area (Å²) in [6, 6.07) is 7.20. The number of rotatable bonds is 3. The smallest absolute Gasteiger partial charge is 0.334 e. The van der Waals surface area contributed by atoms with Gasteiger partial charge < -0.3 is 9.42 Å². The molecule has 8 nitrogen and oxygen atoms in total. The monoisotopic (exact) mass is 355 g/mol. The molecule has 136 valence electrons. The van der Waals surface area contributed by atoms with Crippen LogP contribution in [0.25, 0.3) is 16.8 Å². The predicted octanol–water partition coefficient (Wildman–Crippen LogP) is 0.804. The van der Waals surface area contributed by atoms with Crippen molar-refractivity contribution >= 4 is 11.0 Å². The van der Waals surface area contributed by atoms with Crippen molar-refractivity contribution in [1.29, 1.82) is 0 Å². The molecule has 0 aliphatic carbocycles. The minimum atomic E-state index is -0.534. The van der Waals surface area contributed by atoms with E-state index in [1.807, 2.05) is 18.2 Å². The number of fused-ring (bicyclic) bond motifs is 1. The summed E-state index contributed by atoms with van der Waals surface area (Å²) in [7, 11) is 2.15. The second-order valence-corrected chi connectivity index (χ2v) is 6.75. The first-order valence-electron chi connectivity index (χ1n) is 8.72. The van der Waals surface area contributed by atoms with E-state index in [0.717, 1.165) is 50.1 Å². The zero-order chi connectivity index (χ0) is 18.1. The molecule has 1 aromatic carbocycles. The molecule has 0 bridgehead atoms. The summed E-state index contributed by atoms with van der Waals surface area (Å²) in [4.78, 5) is 30.4. The Hall–Kier alpha value is -2.71. The summed E-state index contributed by atoms with van der Waals surface area (Å²) in [5, 5.41) is 4.77. The molecule has 1 N–H and O–H groups in total. The van der Waals surface area contributed by atoms with Crippen molar-refractivity contribution in [3.63, 3.8) is 0 Å². The van der Waals surface area contributed by atoms with Gasteiger partial charge in [0.15, 0.2) is 11.4 Å². The second-order valence-electron chi connectivity index (χ2n) is 6.75. The van der Waals surface area contributed by atoms with Gasteiger partial charge in [-0.25, -0.2) is 9.36 Å². The van der Waals surface area contributed by atoms with E-state index in [4.69, 9.17) is 4.52 Å². The zero-order valence-corrected chi connectivity index (χ0v) is 14.6. The van der Waals surface area contributed by atoms with E-state index in [1.165, 1.54) is 16.8 Å². The minimum Gasteiger partial charge on any atom is -0.354 e. The van der Waals surface area contributed by atoms with Gasteiger partial charge in [-0.1, -0.05) is 11.2 Å². The maximum atomic E-state index is 12.1. The normalized spacial score (nSPS) is 16.8. The Bertz CT molecular complexity index is 1030. The summed E-state index contributed by atoms with van der Waals surface area (Å²) < 4.78 is 6.64. The van der Waals surface area contributed by atoms with Crippen molar-refractivity contribution < 1.29 is 4.52 Å². The Morgan fingerprint density at radius 1 is 1.15 bits per heavy atom. The second kappa shape index (κ2) is 6.89. The van der Waals surface area contributed by atoms with Gasteiger partial charge in [-0.3, -0.25) is 14.7 Å². The Morgan fingerprint density at radius 3 is 2.88 bits per heavy atom. The van der Waals surface area contributed by atoms with Crippen LogP contribution in [0.3, 0.4) is 0 Å². The van der Waals surface area contributed by atoms with Gasteiger partial charge in [0.2, 0.25) is 0 Å². The fourth-order valence-corrected chi connectivity index (χ4v) is 3.35. The quantitative estimate of drug-likeness (QED) is 0.748. The molecule has 0 radical (unpaired) electrons. The van der Waals surface area contributed by atoms with Gasteiger partial charge in [0.25, 0.3) is 5.56 Å². The molecule has 2 aromatic heterocycles. The molecule has 3 aromatic rings. The van der Waals surface area contributed by atoms with Crippen molar-refractivity contribution in [2.24, 2.45) is 0 Å². The molecule has 1 aliphatic rings. The van der Waals surface area contributed by atoms with Crippen molar-refractivity contribution in [2.75, 3.05) is 33.2 Å². The molecule has 26 heavy (non-hydrogen) atoms. The number of hydrogen-bond acceptors (Lipinski definition) is 6. The fourth-order valence-electron chi connectivity index (χ4n) is 3.35. The lowest BCUT2D eigenvalue weighted by molar-refractivity contribution is 0.269. The van der Waals surface area contributed by atoms with E-state index < -0.39 is 11.2 Å². The molecule has 1 saturated heterocycles. The lowest BCUT2D eigenvalue weighted by Gasteiger charge is -2.20. The van der Waals surface area contributed by atoms with Crippen LogP contribution in [-0.2, 0) is 6.54 Å². The van der Waals surface area contributed by atoms with Crippen LogP contribution in [0, 0.1) is 0 Å². The number of likely N-dealkylation sites (N-methyl/N-ethyl adjacent to an activating group) is 1. The highest BCUT2D eigenvalue weighted by atomic mass is 16.5.